The van der Waals surface area contributed by atoms with Crippen molar-refractivity contribution >= 4 is 34.8 Å². The zero-order chi connectivity index (χ0) is 20.9. The van der Waals surface area contributed by atoms with Crippen molar-refractivity contribution in [2.75, 3.05) is 30.8 Å². The lowest BCUT2D eigenvalue weighted by molar-refractivity contribution is -0.862. The molecule has 2 amide bonds. The largest absolute Gasteiger partial charge is 0.418 e. The van der Waals surface area contributed by atoms with Crippen molar-refractivity contribution in [1.29, 1.82) is 0 Å². The van der Waals surface area contributed by atoms with Crippen molar-refractivity contribution < 1.29 is 27.7 Å². The van der Waals surface area contributed by atoms with Crippen LogP contribution in [0.2, 0.25) is 5.02 Å². The summed E-state index contributed by atoms with van der Waals surface area (Å²) in [6.07, 6.45) is -4.57. The summed E-state index contributed by atoms with van der Waals surface area (Å²) in [5.41, 5.74) is 0.0486. The van der Waals surface area contributed by atoms with Crippen molar-refractivity contribution in [2.24, 2.45) is 0 Å². The summed E-state index contributed by atoms with van der Waals surface area (Å²) in [6, 6.07) is 9.84. The van der Waals surface area contributed by atoms with E-state index in [2.05, 4.69) is 10.6 Å². The number of halogens is 4. The molecule has 0 saturated heterocycles. The standard InChI is InChI=1S/C19H19ClF3N3O2/c1-12-14(20)7-5-9-15(12)24-17(27)10-26(2)11-18(28)25-16-8-4-3-6-13(16)19(21,22)23/h3-9H,10-11H2,1-2H3,(H,24,27)(H,25,28)/p+1. The monoisotopic (exact) mass is 414 g/mol. The molecule has 0 heterocycles. The lowest BCUT2D eigenvalue weighted by atomic mass is 10.1. The SMILES string of the molecule is Cc1c(Cl)cccc1NC(=O)C[NH+](C)CC(=O)Nc1ccccc1C(F)(F)F. The van der Waals surface area contributed by atoms with E-state index >= 15 is 0 Å². The first-order valence-corrected chi connectivity index (χ1v) is 8.78. The molecule has 0 radical (unpaired) electrons. The second kappa shape index (κ2) is 9.07. The third-order valence-electron chi connectivity index (χ3n) is 3.97. The van der Waals surface area contributed by atoms with Crippen LogP contribution in [0.1, 0.15) is 11.1 Å². The van der Waals surface area contributed by atoms with Crippen molar-refractivity contribution in [3.8, 4) is 0 Å². The van der Waals surface area contributed by atoms with Gasteiger partial charge in [0.25, 0.3) is 11.8 Å². The Kier molecular flexibility index (Phi) is 7.04. The number of hydrogen-bond acceptors (Lipinski definition) is 2. The van der Waals surface area contributed by atoms with E-state index in [0.29, 0.717) is 15.6 Å². The van der Waals surface area contributed by atoms with E-state index in [1.54, 1.807) is 32.2 Å². The van der Waals surface area contributed by atoms with Gasteiger partial charge < -0.3 is 15.5 Å². The number of alkyl halides is 3. The number of rotatable bonds is 6. The molecule has 0 bridgehead atoms. The molecule has 150 valence electrons. The van der Waals surface area contributed by atoms with E-state index in [1.165, 1.54) is 18.2 Å². The molecule has 28 heavy (non-hydrogen) atoms. The number of anilines is 2. The van der Waals surface area contributed by atoms with E-state index < -0.39 is 17.6 Å². The van der Waals surface area contributed by atoms with Crippen LogP contribution < -0.4 is 15.5 Å². The minimum absolute atomic E-state index is 0.0414. The molecule has 0 saturated carbocycles. The molecule has 0 aliphatic heterocycles. The zero-order valence-electron chi connectivity index (χ0n) is 15.3. The average molecular weight is 415 g/mol. The molecule has 3 N–H and O–H groups in total. The maximum absolute atomic E-state index is 13.0. The number of amides is 2. The first kappa shape index (κ1) is 21.7. The van der Waals surface area contributed by atoms with Gasteiger partial charge in [0.15, 0.2) is 13.1 Å². The van der Waals surface area contributed by atoms with Crippen LogP contribution in [0.3, 0.4) is 0 Å². The van der Waals surface area contributed by atoms with Gasteiger partial charge in [-0.2, -0.15) is 13.2 Å². The fourth-order valence-corrected chi connectivity index (χ4v) is 2.76. The van der Waals surface area contributed by atoms with Crippen molar-refractivity contribution in [3.05, 3.63) is 58.6 Å². The normalized spacial score (nSPS) is 12.4. The van der Waals surface area contributed by atoms with Crippen LogP contribution in [0.25, 0.3) is 0 Å². The predicted octanol–water partition coefficient (Wildman–Crippen LogP) is 2.76. The molecule has 9 heteroatoms. The predicted molar refractivity (Wildman–Crippen MR) is 102 cm³/mol. The number of likely N-dealkylation sites (N-methyl/N-ethyl adjacent to an activating group) is 1. The molecule has 2 aromatic rings. The second-order valence-corrected chi connectivity index (χ2v) is 6.77. The molecular formula is C19H20ClF3N3O2+. The van der Waals surface area contributed by atoms with Crippen molar-refractivity contribution in [1.82, 2.24) is 0 Å². The number of hydrogen-bond donors (Lipinski definition) is 3. The van der Waals surface area contributed by atoms with Gasteiger partial charge in [-0.05, 0) is 36.8 Å². The number of carbonyl (C=O) groups excluding carboxylic acids is 2. The molecule has 0 fully saturated rings. The summed E-state index contributed by atoms with van der Waals surface area (Å²) in [7, 11) is 1.60. The van der Waals surface area contributed by atoms with Gasteiger partial charge in [-0.25, -0.2) is 0 Å². The van der Waals surface area contributed by atoms with Crippen molar-refractivity contribution in [2.45, 2.75) is 13.1 Å². The summed E-state index contributed by atoms with van der Waals surface area (Å²) in [5, 5.41) is 5.48. The van der Waals surface area contributed by atoms with Gasteiger partial charge in [0.1, 0.15) is 0 Å². The fourth-order valence-electron chi connectivity index (χ4n) is 2.58. The van der Waals surface area contributed by atoms with E-state index in [9.17, 15) is 22.8 Å². The smallest absolute Gasteiger partial charge is 0.322 e. The van der Waals surface area contributed by atoms with E-state index in [0.717, 1.165) is 11.6 Å². The average Bonchev–Trinajstić information content (AvgIpc) is 2.58. The lowest BCUT2D eigenvalue weighted by Crippen LogP contribution is -3.11. The molecule has 0 spiro atoms. The minimum Gasteiger partial charge on any atom is -0.322 e. The molecule has 5 nitrogen and oxygen atoms in total. The van der Waals surface area contributed by atoms with Gasteiger partial charge in [0.2, 0.25) is 0 Å². The highest BCUT2D eigenvalue weighted by atomic mass is 35.5. The molecule has 1 atom stereocenters. The lowest BCUT2D eigenvalue weighted by Gasteiger charge is -2.16. The fraction of sp³-hybridized carbons (Fsp3) is 0.263. The number of carbonyl (C=O) groups is 2. The topological polar surface area (TPSA) is 62.6 Å². The first-order chi connectivity index (χ1) is 13.1. The van der Waals surface area contributed by atoms with Crippen LogP contribution in [-0.2, 0) is 15.8 Å². The third kappa shape index (κ3) is 5.97. The highest BCUT2D eigenvalue weighted by Gasteiger charge is 2.33. The Bertz CT molecular complexity index is 872. The zero-order valence-corrected chi connectivity index (χ0v) is 16.0. The Morgan fingerprint density at radius 2 is 1.50 bits per heavy atom. The maximum atomic E-state index is 13.0. The summed E-state index contributed by atoms with van der Waals surface area (Å²) in [6.45, 7) is 1.55. The molecular weight excluding hydrogens is 395 g/mol. The van der Waals surface area contributed by atoms with E-state index in [1.807, 2.05) is 0 Å². The number of benzene rings is 2. The maximum Gasteiger partial charge on any atom is 0.418 e. The highest BCUT2D eigenvalue weighted by molar-refractivity contribution is 6.31. The number of quaternary nitrogens is 1. The third-order valence-corrected chi connectivity index (χ3v) is 4.38. The van der Waals surface area contributed by atoms with Gasteiger partial charge in [-0.15, -0.1) is 0 Å². The Balaban J connectivity index is 1.93. The van der Waals surface area contributed by atoms with Crippen LogP contribution in [0, 0.1) is 6.92 Å². The van der Waals surface area contributed by atoms with Gasteiger partial charge >= 0.3 is 6.18 Å². The Morgan fingerprint density at radius 3 is 2.11 bits per heavy atom. The summed E-state index contributed by atoms with van der Waals surface area (Å²) < 4.78 is 38.9. The van der Waals surface area contributed by atoms with Gasteiger partial charge in [-0.3, -0.25) is 9.59 Å². The van der Waals surface area contributed by atoms with Gasteiger partial charge in [-0.1, -0.05) is 29.8 Å². The van der Waals surface area contributed by atoms with Crippen LogP contribution >= 0.6 is 11.6 Å². The molecule has 0 aromatic heterocycles. The molecule has 0 aliphatic carbocycles. The van der Waals surface area contributed by atoms with Gasteiger partial charge in [0, 0.05) is 10.7 Å². The van der Waals surface area contributed by atoms with Crippen LogP contribution in [0.5, 0.6) is 0 Å². The van der Waals surface area contributed by atoms with Crippen LogP contribution in [0.15, 0.2) is 42.5 Å². The summed E-state index contributed by atoms with van der Waals surface area (Å²) in [5.74, 6) is -0.965. The summed E-state index contributed by atoms with van der Waals surface area (Å²) in [4.78, 5) is 24.8. The molecule has 0 aliphatic rings. The Labute approximate surface area is 165 Å². The van der Waals surface area contributed by atoms with Crippen LogP contribution in [0.4, 0.5) is 24.5 Å². The highest BCUT2D eigenvalue weighted by Crippen LogP contribution is 2.34. The summed E-state index contributed by atoms with van der Waals surface area (Å²) >= 11 is 6.00. The molecule has 2 rings (SSSR count). The minimum atomic E-state index is -4.57. The van der Waals surface area contributed by atoms with Crippen LogP contribution in [-0.4, -0.2) is 32.0 Å². The molecule has 1 unspecified atom stereocenters. The van der Waals surface area contributed by atoms with E-state index in [-0.39, 0.29) is 24.7 Å². The number of para-hydroxylation sites is 1. The Hall–Kier alpha value is -2.58. The van der Waals surface area contributed by atoms with E-state index in [4.69, 9.17) is 11.6 Å². The second-order valence-electron chi connectivity index (χ2n) is 6.36. The van der Waals surface area contributed by atoms with Crippen molar-refractivity contribution in [3.63, 3.8) is 0 Å². The number of nitrogens with one attached hydrogen (secondary N) is 3. The molecule has 2 aromatic carbocycles. The van der Waals surface area contributed by atoms with Gasteiger partial charge in [0.05, 0.1) is 18.3 Å². The Morgan fingerprint density at radius 1 is 0.964 bits per heavy atom. The first-order valence-electron chi connectivity index (χ1n) is 8.40. The quantitative estimate of drug-likeness (QED) is 0.680.